The number of rotatable bonds is 4. The summed E-state index contributed by atoms with van der Waals surface area (Å²) in [5, 5.41) is 10.6. The van der Waals surface area contributed by atoms with Crippen molar-refractivity contribution in [3.8, 4) is 0 Å². The van der Waals surface area contributed by atoms with Gasteiger partial charge in [0.05, 0.1) is 0 Å². The van der Waals surface area contributed by atoms with Crippen LogP contribution in [0.2, 0.25) is 5.15 Å². The number of carbonyl (C=O) groups is 1. The normalized spacial score (nSPS) is 16.9. The predicted octanol–water partition coefficient (Wildman–Crippen LogP) is 2.05. The van der Waals surface area contributed by atoms with Crippen LogP contribution in [0.5, 0.6) is 0 Å². The first-order valence-electron chi connectivity index (χ1n) is 5.45. The van der Waals surface area contributed by atoms with Gasteiger partial charge in [-0.1, -0.05) is 24.4 Å². The Hall–Kier alpha value is -1.16. The van der Waals surface area contributed by atoms with Crippen LogP contribution in [0, 0.1) is 5.92 Å². The van der Waals surface area contributed by atoms with Crippen molar-refractivity contribution in [2.45, 2.75) is 32.2 Å². The van der Waals surface area contributed by atoms with E-state index in [0.29, 0.717) is 10.8 Å². The lowest BCUT2D eigenvalue weighted by atomic mass is 10.1. The molecular weight excluding hydrogens is 226 g/mol. The number of carbonyl (C=O) groups excluding carboxylic acids is 1. The highest BCUT2D eigenvalue weighted by molar-refractivity contribution is 6.29. The highest BCUT2D eigenvalue weighted by Gasteiger charge is 2.24. The van der Waals surface area contributed by atoms with Gasteiger partial charge in [0.2, 0.25) is 0 Å². The summed E-state index contributed by atoms with van der Waals surface area (Å²) in [6.07, 6.45) is 3.63. The first kappa shape index (κ1) is 11.3. The van der Waals surface area contributed by atoms with E-state index in [4.69, 9.17) is 11.6 Å². The lowest BCUT2D eigenvalue weighted by molar-refractivity contribution is 0.0931. The molecule has 1 heterocycles. The van der Waals surface area contributed by atoms with Gasteiger partial charge in [-0.05, 0) is 31.4 Å². The summed E-state index contributed by atoms with van der Waals surface area (Å²) in [5.41, 5.74) is 0.312. The molecule has 0 saturated heterocycles. The molecule has 0 aliphatic heterocycles. The maximum Gasteiger partial charge on any atom is 0.272 e. The van der Waals surface area contributed by atoms with E-state index in [9.17, 15) is 4.79 Å². The van der Waals surface area contributed by atoms with Crippen molar-refractivity contribution in [1.29, 1.82) is 0 Å². The third-order valence-electron chi connectivity index (χ3n) is 2.63. The molecule has 1 aliphatic rings. The number of halogens is 1. The standard InChI is InChI=1S/C11H14ClN3O/c1-7(6-8-2-3-8)13-11(16)9-4-5-10(12)15-14-9/h4-5,7-8H,2-3,6H2,1H3,(H,13,16). The molecule has 1 aromatic heterocycles. The quantitative estimate of drug-likeness (QED) is 0.875. The van der Waals surface area contributed by atoms with Crippen LogP contribution >= 0.6 is 11.6 Å². The van der Waals surface area contributed by atoms with E-state index in [-0.39, 0.29) is 11.9 Å². The molecule has 1 atom stereocenters. The van der Waals surface area contributed by atoms with Crippen LogP contribution < -0.4 is 5.32 Å². The highest BCUT2D eigenvalue weighted by Crippen LogP contribution is 2.33. The van der Waals surface area contributed by atoms with Crippen molar-refractivity contribution in [3.63, 3.8) is 0 Å². The largest absolute Gasteiger partial charge is 0.348 e. The third kappa shape index (κ3) is 3.17. The zero-order chi connectivity index (χ0) is 11.5. The van der Waals surface area contributed by atoms with Crippen molar-refractivity contribution in [1.82, 2.24) is 15.5 Å². The Balaban J connectivity index is 1.88. The van der Waals surface area contributed by atoms with E-state index in [2.05, 4.69) is 15.5 Å². The van der Waals surface area contributed by atoms with Crippen molar-refractivity contribution in [2.75, 3.05) is 0 Å². The van der Waals surface area contributed by atoms with Crippen LogP contribution in [0.1, 0.15) is 36.7 Å². The summed E-state index contributed by atoms with van der Waals surface area (Å²) in [4.78, 5) is 11.7. The van der Waals surface area contributed by atoms with Crippen molar-refractivity contribution in [2.24, 2.45) is 5.92 Å². The van der Waals surface area contributed by atoms with E-state index in [0.717, 1.165) is 12.3 Å². The van der Waals surface area contributed by atoms with Gasteiger partial charge in [0, 0.05) is 6.04 Å². The smallest absolute Gasteiger partial charge is 0.272 e. The molecule has 5 heteroatoms. The molecule has 1 saturated carbocycles. The molecule has 0 spiro atoms. The second-order valence-corrected chi connectivity index (χ2v) is 4.68. The van der Waals surface area contributed by atoms with Gasteiger partial charge in [-0.15, -0.1) is 10.2 Å². The molecule has 1 aromatic rings. The van der Waals surface area contributed by atoms with Gasteiger partial charge < -0.3 is 5.32 Å². The first-order chi connectivity index (χ1) is 7.65. The lowest BCUT2D eigenvalue weighted by Crippen LogP contribution is -2.33. The molecule has 0 radical (unpaired) electrons. The van der Waals surface area contributed by atoms with Gasteiger partial charge >= 0.3 is 0 Å². The van der Waals surface area contributed by atoms with Crippen LogP contribution in [0.15, 0.2) is 12.1 Å². The second-order valence-electron chi connectivity index (χ2n) is 4.29. The number of hydrogen-bond acceptors (Lipinski definition) is 3. The number of nitrogens with one attached hydrogen (secondary N) is 1. The molecule has 1 amide bonds. The van der Waals surface area contributed by atoms with Crippen molar-refractivity contribution >= 4 is 17.5 Å². The molecule has 86 valence electrons. The summed E-state index contributed by atoms with van der Waals surface area (Å²) in [5.74, 6) is 0.615. The van der Waals surface area contributed by atoms with E-state index >= 15 is 0 Å². The third-order valence-corrected chi connectivity index (χ3v) is 2.83. The summed E-state index contributed by atoms with van der Waals surface area (Å²) in [6, 6.07) is 3.33. The molecule has 0 aromatic carbocycles. The Labute approximate surface area is 99.4 Å². The van der Waals surface area contributed by atoms with Gasteiger partial charge in [-0.2, -0.15) is 0 Å². The summed E-state index contributed by atoms with van der Waals surface area (Å²) in [7, 11) is 0. The molecule has 1 fully saturated rings. The first-order valence-corrected chi connectivity index (χ1v) is 5.83. The van der Waals surface area contributed by atoms with Gasteiger partial charge in [0.25, 0.3) is 5.91 Å². The lowest BCUT2D eigenvalue weighted by Gasteiger charge is -2.12. The maximum absolute atomic E-state index is 11.7. The van der Waals surface area contributed by atoms with Crippen molar-refractivity contribution in [3.05, 3.63) is 23.0 Å². The highest BCUT2D eigenvalue weighted by atomic mass is 35.5. The average molecular weight is 240 g/mol. The van der Waals surface area contributed by atoms with Gasteiger partial charge in [-0.3, -0.25) is 4.79 Å². The van der Waals surface area contributed by atoms with Gasteiger partial charge in [-0.25, -0.2) is 0 Å². The molecule has 1 unspecified atom stereocenters. The topological polar surface area (TPSA) is 54.9 Å². The monoisotopic (exact) mass is 239 g/mol. The number of nitrogens with zero attached hydrogens (tertiary/aromatic N) is 2. The molecule has 4 nitrogen and oxygen atoms in total. The summed E-state index contributed by atoms with van der Waals surface area (Å²) in [6.45, 7) is 2.01. The Bertz CT molecular complexity index is 375. The molecule has 16 heavy (non-hydrogen) atoms. The predicted molar refractivity (Wildman–Crippen MR) is 61.3 cm³/mol. The molecule has 2 rings (SSSR count). The number of aromatic nitrogens is 2. The molecule has 1 aliphatic carbocycles. The minimum atomic E-state index is -0.183. The van der Waals surface area contributed by atoms with Gasteiger partial charge in [0.1, 0.15) is 0 Å². The maximum atomic E-state index is 11.7. The fourth-order valence-electron chi connectivity index (χ4n) is 1.65. The Kier molecular flexibility index (Phi) is 3.39. The molecular formula is C11H14ClN3O. The van der Waals surface area contributed by atoms with E-state index in [1.807, 2.05) is 6.92 Å². The Morgan fingerprint density at radius 1 is 1.56 bits per heavy atom. The van der Waals surface area contributed by atoms with Crippen LogP contribution in [-0.2, 0) is 0 Å². The zero-order valence-corrected chi connectivity index (χ0v) is 9.87. The molecule has 0 bridgehead atoms. The second kappa shape index (κ2) is 4.78. The van der Waals surface area contributed by atoms with E-state index in [1.54, 1.807) is 12.1 Å². The zero-order valence-electron chi connectivity index (χ0n) is 9.11. The minimum absolute atomic E-state index is 0.183. The fourth-order valence-corrected chi connectivity index (χ4v) is 1.75. The van der Waals surface area contributed by atoms with E-state index in [1.165, 1.54) is 12.8 Å². The van der Waals surface area contributed by atoms with Crippen LogP contribution in [0.3, 0.4) is 0 Å². The SMILES string of the molecule is CC(CC1CC1)NC(=O)c1ccc(Cl)nn1. The van der Waals surface area contributed by atoms with E-state index < -0.39 is 0 Å². The summed E-state index contributed by atoms with van der Waals surface area (Å²) < 4.78 is 0. The average Bonchev–Trinajstić information content (AvgIpc) is 3.02. The van der Waals surface area contributed by atoms with Crippen LogP contribution in [0.25, 0.3) is 0 Å². The fraction of sp³-hybridized carbons (Fsp3) is 0.545. The molecule has 1 N–H and O–H groups in total. The summed E-state index contributed by atoms with van der Waals surface area (Å²) >= 11 is 5.59. The Morgan fingerprint density at radius 3 is 2.88 bits per heavy atom. The minimum Gasteiger partial charge on any atom is -0.348 e. The Morgan fingerprint density at radius 2 is 2.31 bits per heavy atom. The number of amides is 1. The van der Waals surface area contributed by atoms with Crippen LogP contribution in [0.4, 0.5) is 0 Å². The van der Waals surface area contributed by atoms with Crippen LogP contribution in [-0.4, -0.2) is 22.1 Å². The number of hydrogen-bond donors (Lipinski definition) is 1. The van der Waals surface area contributed by atoms with Crippen molar-refractivity contribution < 1.29 is 4.79 Å². The van der Waals surface area contributed by atoms with Gasteiger partial charge in [0.15, 0.2) is 10.8 Å².